The van der Waals surface area contributed by atoms with E-state index in [9.17, 15) is 13.2 Å². The first-order valence-corrected chi connectivity index (χ1v) is 16.0. The largest absolute Gasteiger partial charge is 0.497 e. The Morgan fingerprint density at radius 2 is 1.57 bits per heavy atom. The van der Waals surface area contributed by atoms with Crippen LogP contribution in [-0.2, 0) is 14.8 Å². The Morgan fingerprint density at radius 1 is 0.955 bits per heavy atom. The van der Waals surface area contributed by atoms with E-state index in [0.29, 0.717) is 23.0 Å². The van der Waals surface area contributed by atoms with E-state index in [1.165, 1.54) is 42.1 Å². The molecule has 0 aliphatic carbocycles. The number of imidazole rings is 1. The molecular formula is C31H31N5O6S2. The smallest absolute Gasteiger partial charge is 0.263 e. The topological polar surface area (TPSA) is 148 Å². The lowest BCUT2D eigenvalue weighted by Gasteiger charge is -2.14. The maximum atomic E-state index is 13.3. The molecule has 11 nitrogen and oxygen atoms in total. The number of hydrogen-bond donors (Lipinski definition) is 3. The molecule has 5 aromatic rings. The Labute approximate surface area is 259 Å². The molecule has 228 valence electrons. The zero-order valence-corrected chi connectivity index (χ0v) is 26.1. The zero-order valence-electron chi connectivity index (χ0n) is 24.5. The molecule has 0 radical (unpaired) electrons. The van der Waals surface area contributed by atoms with E-state index in [1.54, 1.807) is 21.1 Å². The van der Waals surface area contributed by atoms with E-state index in [4.69, 9.17) is 19.0 Å². The Balaban J connectivity index is 1.33. The van der Waals surface area contributed by atoms with Crippen molar-refractivity contribution in [1.29, 1.82) is 0 Å². The number of aryl methyl sites for hydroxylation is 1. The molecule has 3 N–H and O–H groups in total. The lowest BCUT2D eigenvalue weighted by Crippen LogP contribution is -2.24. The molecule has 1 unspecified atom stereocenters. The first kappa shape index (κ1) is 30.7. The van der Waals surface area contributed by atoms with E-state index < -0.39 is 15.3 Å². The van der Waals surface area contributed by atoms with Crippen LogP contribution in [0, 0.1) is 6.92 Å². The zero-order chi connectivity index (χ0) is 31.3. The SMILES string of the molecule is CCC(Sc1nc(-c2ccc(OC)cc2)c(-c2ccc(OC)cc2)[nH]1)C(=O)Nc1ccc(S(=O)(=O)Nc2cc(C)on2)cc1. The van der Waals surface area contributed by atoms with Crippen molar-refractivity contribution in [1.82, 2.24) is 15.1 Å². The highest BCUT2D eigenvalue weighted by molar-refractivity contribution is 8.00. The van der Waals surface area contributed by atoms with Gasteiger partial charge in [-0.15, -0.1) is 0 Å². The number of amides is 1. The molecule has 5 rings (SSSR count). The predicted molar refractivity (Wildman–Crippen MR) is 170 cm³/mol. The van der Waals surface area contributed by atoms with Crippen molar-refractivity contribution in [3.63, 3.8) is 0 Å². The summed E-state index contributed by atoms with van der Waals surface area (Å²) in [7, 11) is -0.643. The third kappa shape index (κ3) is 7.06. The molecule has 0 spiro atoms. The summed E-state index contributed by atoms with van der Waals surface area (Å²) < 4.78 is 43.3. The van der Waals surface area contributed by atoms with Crippen LogP contribution in [0.4, 0.5) is 11.5 Å². The third-order valence-corrected chi connectivity index (χ3v) is 9.26. The molecule has 44 heavy (non-hydrogen) atoms. The molecule has 0 saturated heterocycles. The number of anilines is 2. The summed E-state index contributed by atoms with van der Waals surface area (Å²) >= 11 is 1.32. The van der Waals surface area contributed by atoms with Gasteiger partial charge in [-0.3, -0.25) is 9.52 Å². The minimum absolute atomic E-state index is 0.0188. The van der Waals surface area contributed by atoms with Crippen molar-refractivity contribution in [3.05, 3.63) is 84.6 Å². The predicted octanol–water partition coefficient (Wildman–Crippen LogP) is 6.37. The van der Waals surface area contributed by atoms with Gasteiger partial charge in [0.2, 0.25) is 5.91 Å². The van der Waals surface area contributed by atoms with Crippen LogP contribution in [-0.4, -0.2) is 48.9 Å². The maximum Gasteiger partial charge on any atom is 0.263 e. The van der Waals surface area contributed by atoms with Gasteiger partial charge in [0.05, 0.1) is 35.8 Å². The number of carbonyl (C=O) groups excluding carboxylic acids is 1. The molecule has 0 fully saturated rings. The van der Waals surface area contributed by atoms with Crippen LogP contribution in [0.3, 0.4) is 0 Å². The minimum atomic E-state index is -3.88. The standard InChI is InChI=1S/C31H31N5O6S2/c1-5-26(30(37)32-22-10-16-25(17-11-22)44(38,39)36-27-18-19(2)42-35-27)43-31-33-28(20-6-12-23(40-3)13-7-20)29(34-31)21-8-14-24(41-4)15-9-21/h6-18,26H,5H2,1-4H3,(H,32,37)(H,33,34)(H,35,36). The molecule has 2 aromatic heterocycles. The van der Waals surface area contributed by atoms with Crippen molar-refractivity contribution in [3.8, 4) is 34.0 Å². The average molecular weight is 634 g/mol. The van der Waals surface area contributed by atoms with Crippen molar-refractivity contribution in [2.45, 2.75) is 35.6 Å². The number of sulfonamides is 1. The fourth-order valence-corrected chi connectivity index (χ4v) is 6.23. The number of hydrogen-bond acceptors (Lipinski definition) is 9. The van der Waals surface area contributed by atoms with Crippen LogP contribution in [0.5, 0.6) is 11.5 Å². The van der Waals surface area contributed by atoms with Gasteiger partial charge >= 0.3 is 0 Å². The summed E-state index contributed by atoms with van der Waals surface area (Å²) in [5.41, 5.74) is 3.81. The van der Waals surface area contributed by atoms with Crippen molar-refractivity contribution >= 4 is 39.2 Å². The summed E-state index contributed by atoms with van der Waals surface area (Å²) in [5, 5.41) is 6.65. The fraction of sp³-hybridized carbons (Fsp3) is 0.194. The van der Waals surface area contributed by atoms with E-state index in [1.807, 2.05) is 55.5 Å². The van der Waals surface area contributed by atoms with E-state index >= 15 is 0 Å². The number of thioether (sulfide) groups is 1. The van der Waals surface area contributed by atoms with Crippen LogP contribution in [0.15, 0.2) is 93.4 Å². The van der Waals surface area contributed by atoms with Crippen molar-refractivity contribution in [2.75, 3.05) is 24.3 Å². The van der Waals surface area contributed by atoms with E-state index in [-0.39, 0.29) is 16.6 Å². The minimum Gasteiger partial charge on any atom is -0.497 e. The molecule has 3 aromatic carbocycles. The van der Waals surface area contributed by atoms with Crippen LogP contribution < -0.4 is 19.5 Å². The summed E-state index contributed by atoms with van der Waals surface area (Å²) in [4.78, 5) is 21.6. The van der Waals surface area contributed by atoms with Crippen LogP contribution >= 0.6 is 11.8 Å². The van der Waals surface area contributed by atoms with Gasteiger partial charge in [0.15, 0.2) is 11.0 Å². The molecular weight excluding hydrogens is 603 g/mol. The number of H-pyrrole nitrogens is 1. The number of aromatic amines is 1. The fourth-order valence-electron chi connectivity index (χ4n) is 4.34. The highest BCUT2D eigenvalue weighted by Crippen LogP contribution is 2.36. The molecule has 1 amide bonds. The lowest BCUT2D eigenvalue weighted by atomic mass is 10.0. The summed E-state index contributed by atoms with van der Waals surface area (Å²) in [6.07, 6.45) is 0.528. The van der Waals surface area contributed by atoms with E-state index in [0.717, 1.165) is 34.0 Å². The molecule has 2 heterocycles. The maximum absolute atomic E-state index is 13.3. The number of ether oxygens (including phenoxy) is 2. The van der Waals surface area contributed by atoms with Gasteiger partial charge in [0.25, 0.3) is 10.0 Å². The molecule has 13 heteroatoms. The Kier molecular flexibility index (Phi) is 9.26. The summed E-state index contributed by atoms with van der Waals surface area (Å²) in [6, 6.07) is 22.7. The number of nitrogens with one attached hydrogen (secondary N) is 3. The third-order valence-electron chi connectivity index (χ3n) is 6.64. The number of methoxy groups -OCH3 is 2. The second-order valence-electron chi connectivity index (χ2n) is 9.68. The number of nitrogens with zero attached hydrogens (tertiary/aromatic N) is 2. The number of rotatable bonds is 12. The van der Waals surface area contributed by atoms with E-state index in [2.05, 4.69) is 20.2 Å². The monoisotopic (exact) mass is 633 g/mol. The summed E-state index contributed by atoms with van der Waals surface area (Å²) in [6.45, 7) is 3.58. The molecule has 0 bridgehead atoms. The highest BCUT2D eigenvalue weighted by Gasteiger charge is 2.23. The Hall–Kier alpha value is -4.75. The van der Waals surface area contributed by atoms with Gasteiger partial charge in [-0.25, -0.2) is 13.4 Å². The number of carbonyl (C=O) groups is 1. The van der Waals surface area contributed by atoms with Crippen LogP contribution in [0.2, 0.25) is 0 Å². The molecule has 0 aliphatic heterocycles. The van der Waals surface area contributed by atoms with Crippen LogP contribution in [0.25, 0.3) is 22.5 Å². The first-order valence-electron chi connectivity index (χ1n) is 13.6. The quantitative estimate of drug-likeness (QED) is 0.133. The van der Waals surface area contributed by atoms with Crippen molar-refractivity contribution in [2.24, 2.45) is 0 Å². The van der Waals surface area contributed by atoms with Gasteiger partial charge < -0.3 is 24.3 Å². The summed E-state index contributed by atoms with van der Waals surface area (Å²) in [5.74, 6) is 1.80. The number of benzene rings is 3. The Morgan fingerprint density at radius 3 is 2.11 bits per heavy atom. The second kappa shape index (κ2) is 13.3. The Bertz CT molecular complexity index is 1770. The lowest BCUT2D eigenvalue weighted by molar-refractivity contribution is -0.115. The normalized spacial score (nSPS) is 12.0. The van der Waals surface area contributed by atoms with Crippen molar-refractivity contribution < 1.29 is 27.2 Å². The molecule has 1 atom stereocenters. The van der Waals surface area contributed by atoms with Gasteiger partial charge in [0.1, 0.15) is 17.3 Å². The van der Waals surface area contributed by atoms with Gasteiger partial charge in [-0.1, -0.05) is 23.8 Å². The second-order valence-corrected chi connectivity index (χ2v) is 12.6. The van der Waals surface area contributed by atoms with Gasteiger partial charge in [-0.2, -0.15) is 0 Å². The highest BCUT2D eigenvalue weighted by atomic mass is 32.2. The first-order chi connectivity index (χ1) is 21.2. The molecule has 0 saturated carbocycles. The van der Waals surface area contributed by atoms with Gasteiger partial charge in [-0.05, 0) is 86.1 Å². The molecule has 0 aliphatic rings. The number of aromatic nitrogens is 3. The van der Waals surface area contributed by atoms with Gasteiger partial charge in [0, 0.05) is 22.9 Å². The van der Waals surface area contributed by atoms with Crippen LogP contribution in [0.1, 0.15) is 19.1 Å². The average Bonchev–Trinajstić information content (AvgIpc) is 3.65.